The molecule has 0 rings (SSSR count). The summed E-state index contributed by atoms with van der Waals surface area (Å²) in [5.74, 6) is -1.10. The average molecular weight is 401 g/mol. The molecule has 0 aliphatic carbocycles. The van der Waals surface area contributed by atoms with E-state index in [1.165, 1.54) is 6.92 Å². The summed E-state index contributed by atoms with van der Waals surface area (Å²) >= 11 is 0. The van der Waals surface area contributed by atoms with Crippen LogP contribution in [-0.2, 0) is 19.1 Å². The zero-order chi connectivity index (χ0) is 21.9. The number of hydrogen-bond donors (Lipinski definition) is 4. The molecule has 0 fully saturated rings. The summed E-state index contributed by atoms with van der Waals surface area (Å²) in [5.41, 5.74) is 5.27. The van der Waals surface area contributed by atoms with Crippen molar-refractivity contribution in [2.45, 2.75) is 78.5 Å². The fourth-order valence-corrected chi connectivity index (χ4v) is 2.15. The number of ketones is 1. The molecule has 0 unspecified atom stereocenters. The lowest BCUT2D eigenvalue weighted by Gasteiger charge is -2.22. The second-order valence-corrected chi connectivity index (χ2v) is 8.18. The number of Topliss-reactive ketones (excluding diaryl/α,β-unsaturated/α-hetero) is 1. The quantitative estimate of drug-likeness (QED) is 0.379. The van der Waals surface area contributed by atoms with Crippen molar-refractivity contribution in [3.05, 3.63) is 0 Å². The van der Waals surface area contributed by atoms with Gasteiger partial charge in [0.15, 0.2) is 0 Å². The van der Waals surface area contributed by atoms with E-state index in [0.717, 1.165) is 0 Å². The Bertz CT molecular complexity index is 543. The van der Waals surface area contributed by atoms with Gasteiger partial charge in [0.05, 0.1) is 12.6 Å². The van der Waals surface area contributed by atoms with Crippen molar-refractivity contribution < 1.29 is 23.9 Å². The molecule has 0 spiro atoms. The van der Waals surface area contributed by atoms with Crippen molar-refractivity contribution in [2.24, 2.45) is 11.7 Å². The number of unbranched alkanes of at least 4 members (excludes halogenated alkanes) is 1. The number of carbonyl (C=O) groups is 4. The standard InChI is InChI=1S/C19H36N4O5/c1-12(2)15(20)17(26)23-14(16(25)22-11-13(3)24)9-7-8-10-21-18(27)28-19(4,5)6/h12,14-15H,7-11,20H2,1-6H3,(H,21,27)(H,22,25)(H,23,26)/t14-,15-/m0/s1. The maximum Gasteiger partial charge on any atom is 0.407 e. The van der Waals surface area contributed by atoms with Crippen molar-refractivity contribution >= 4 is 23.7 Å². The molecule has 9 nitrogen and oxygen atoms in total. The van der Waals surface area contributed by atoms with Crippen LogP contribution in [0.15, 0.2) is 0 Å². The Morgan fingerprint density at radius 1 is 1.00 bits per heavy atom. The van der Waals surface area contributed by atoms with E-state index in [0.29, 0.717) is 25.8 Å². The molecule has 0 saturated carbocycles. The minimum Gasteiger partial charge on any atom is -0.444 e. The minimum absolute atomic E-state index is 0.0704. The molecule has 5 N–H and O–H groups in total. The Balaban J connectivity index is 4.56. The maximum atomic E-state index is 12.3. The molecule has 28 heavy (non-hydrogen) atoms. The van der Waals surface area contributed by atoms with Crippen LogP contribution in [0.5, 0.6) is 0 Å². The summed E-state index contributed by atoms with van der Waals surface area (Å²) in [4.78, 5) is 47.2. The van der Waals surface area contributed by atoms with Crippen LogP contribution in [0, 0.1) is 5.92 Å². The van der Waals surface area contributed by atoms with Gasteiger partial charge in [-0.15, -0.1) is 0 Å². The molecule has 0 bridgehead atoms. The lowest BCUT2D eigenvalue weighted by molar-refractivity contribution is -0.131. The van der Waals surface area contributed by atoms with Crippen molar-refractivity contribution in [2.75, 3.05) is 13.1 Å². The van der Waals surface area contributed by atoms with E-state index in [1.807, 2.05) is 13.8 Å². The second kappa shape index (κ2) is 12.3. The van der Waals surface area contributed by atoms with Gasteiger partial charge >= 0.3 is 6.09 Å². The highest BCUT2D eigenvalue weighted by atomic mass is 16.6. The fraction of sp³-hybridized carbons (Fsp3) is 0.789. The largest absolute Gasteiger partial charge is 0.444 e. The van der Waals surface area contributed by atoms with Crippen LogP contribution >= 0.6 is 0 Å². The third-order valence-electron chi connectivity index (χ3n) is 3.75. The van der Waals surface area contributed by atoms with Crippen LogP contribution < -0.4 is 21.7 Å². The Morgan fingerprint density at radius 2 is 1.61 bits per heavy atom. The average Bonchev–Trinajstić information content (AvgIpc) is 2.55. The number of nitrogens with two attached hydrogens (primary N) is 1. The predicted octanol–water partition coefficient (Wildman–Crippen LogP) is 0.855. The first-order valence-electron chi connectivity index (χ1n) is 9.63. The number of alkyl carbamates (subject to hydrolysis) is 1. The van der Waals surface area contributed by atoms with E-state index in [9.17, 15) is 19.2 Å². The Morgan fingerprint density at radius 3 is 2.11 bits per heavy atom. The summed E-state index contributed by atoms with van der Waals surface area (Å²) in [5, 5.41) is 7.80. The lowest BCUT2D eigenvalue weighted by atomic mass is 10.0. The number of amides is 3. The predicted molar refractivity (Wildman–Crippen MR) is 107 cm³/mol. The molecule has 9 heteroatoms. The molecule has 0 heterocycles. The molecule has 0 radical (unpaired) electrons. The number of carbonyl (C=O) groups excluding carboxylic acids is 4. The molecule has 162 valence electrons. The van der Waals surface area contributed by atoms with Gasteiger partial charge in [-0.05, 0) is 52.9 Å². The van der Waals surface area contributed by atoms with Gasteiger partial charge in [-0.25, -0.2) is 4.79 Å². The zero-order valence-electron chi connectivity index (χ0n) is 17.9. The van der Waals surface area contributed by atoms with Crippen LogP contribution in [0.3, 0.4) is 0 Å². The molecular weight excluding hydrogens is 364 g/mol. The Hall–Kier alpha value is -2.16. The van der Waals surface area contributed by atoms with Crippen LogP contribution in [0.1, 0.15) is 60.8 Å². The summed E-state index contributed by atoms with van der Waals surface area (Å²) < 4.78 is 5.14. The second-order valence-electron chi connectivity index (χ2n) is 8.18. The van der Waals surface area contributed by atoms with E-state index in [4.69, 9.17) is 10.5 Å². The van der Waals surface area contributed by atoms with E-state index in [1.54, 1.807) is 20.8 Å². The van der Waals surface area contributed by atoms with E-state index >= 15 is 0 Å². The van der Waals surface area contributed by atoms with Gasteiger partial charge in [0.25, 0.3) is 0 Å². The van der Waals surface area contributed by atoms with Crippen LogP contribution in [0.25, 0.3) is 0 Å². The lowest BCUT2D eigenvalue weighted by Crippen LogP contribution is -2.53. The van der Waals surface area contributed by atoms with Gasteiger partial charge in [-0.1, -0.05) is 13.8 Å². The van der Waals surface area contributed by atoms with Gasteiger partial charge in [-0.3, -0.25) is 14.4 Å². The number of ether oxygens (including phenoxy) is 1. The van der Waals surface area contributed by atoms with Gasteiger partial charge in [0.1, 0.15) is 17.4 Å². The van der Waals surface area contributed by atoms with Gasteiger partial charge < -0.3 is 26.4 Å². The Kier molecular flexibility index (Phi) is 11.4. The smallest absolute Gasteiger partial charge is 0.407 e. The van der Waals surface area contributed by atoms with Gasteiger partial charge in [-0.2, -0.15) is 0 Å². The first-order chi connectivity index (χ1) is 12.8. The summed E-state index contributed by atoms with van der Waals surface area (Å²) in [6.07, 6.45) is 1.03. The fourth-order valence-electron chi connectivity index (χ4n) is 2.15. The molecule has 0 aliphatic rings. The molecule has 0 aliphatic heterocycles. The van der Waals surface area contributed by atoms with Gasteiger partial charge in [0, 0.05) is 6.54 Å². The highest BCUT2D eigenvalue weighted by Gasteiger charge is 2.25. The third-order valence-corrected chi connectivity index (χ3v) is 3.75. The molecule has 2 atom stereocenters. The van der Waals surface area contributed by atoms with Crippen LogP contribution in [-0.4, -0.2) is 54.5 Å². The number of nitrogens with one attached hydrogen (secondary N) is 3. The van der Waals surface area contributed by atoms with Crippen molar-refractivity contribution in [1.29, 1.82) is 0 Å². The first kappa shape index (κ1) is 25.8. The Labute approximate surface area is 167 Å². The highest BCUT2D eigenvalue weighted by Crippen LogP contribution is 2.07. The molecule has 0 aromatic carbocycles. The molecule has 0 aromatic heterocycles. The molecule has 3 amide bonds. The van der Waals surface area contributed by atoms with Crippen molar-refractivity contribution in [3.8, 4) is 0 Å². The van der Waals surface area contributed by atoms with Gasteiger partial charge in [0.2, 0.25) is 11.8 Å². The first-order valence-corrected chi connectivity index (χ1v) is 9.63. The summed E-state index contributed by atoms with van der Waals surface area (Å²) in [6.45, 7) is 10.6. The number of hydrogen-bond acceptors (Lipinski definition) is 6. The SMILES string of the molecule is CC(=O)CNC(=O)[C@H](CCCCNC(=O)OC(C)(C)C)NC(=O)[C@@H](N)C(C)C. The summed E-state index contributed by atoms with van der Waals surface area (Å²) in [6, 6.07) is -1.52. The molecule has 0 saturated heterocycles. The monoisotopic (exact) mass is 400 g/mol. The molecular formula is C19H36N4O5. The van der Waals surface area contributed by atoms with Crippen molar-refractivity contribution in [3.63, 3.8) is 0 Å². The van der Waals surface area contributed by atoms with Crippen LogP contribution in [0.4, 0.5) is 4.79 Å². The minimum atomic E-state index is -0.793. The topological polar surface area (TPSA) is 140 Å². The highest BCUT2D eigenvalue weighted by molar-refractivity contribution is 5.91. The van der Waals surface area contributed by atoms with E-state index in [-0.39, 0.29) is 18.2 Å². The van der Waals surface area contributed by atoms with E-state index < -0.39 is 35.6 Å². The number of rotatable bonds is 11. The zero-order valence-corrected chi connectivity index (χ0v) is 17.9. The normalized spacial score (nSPS) is 13.4. The van der Waals surface area contributed by atoms with Crippen molar-refractivity contribution in [1.82, 2.24) is 16.0 Å². The van der Waals surface area contributed by atoms with Crippen LogP contribution in [0.2, 0.25) is 0 Å². The molecule has 0 aromatic rings. The maximum absolute atomic E-state index is 12.3. The third kappa shape index (κ3) is 12.3. The van der Waals surface area contributed by atoms with E-state index in [2.05, 4.69) is 16.0 Å². The summed E-state index contributed by atoms with van der Waals surface area (Å²) in [7, 11) is 0.